The second-order valence-corrected chi connectivity index (χ2v) is 9.00. The van der Waals surface area contributed by atoms with Crippen molar-refractivity contribution >= 4 is 29.4 Å². The summed E-state index contributed by atoms with van der Waals surface area (Å²) in [5, 5.41) is 2.82. The minimum atomic E-state index is -0.183. The summed E-state index contributed by atoms with van der Waals surface area (Å²) >= 11 is 1.66. The van der Waals surface area contributed by atoms with E-state index in [1.807, 2.05) is 24.0 Å². The van der Waals surface area contributed by atoms with Crippen molar-refractivity contribution in [1.82, 2.24) is 9.88 Å². The van der Waals surface area contributed by atoms with E-state index in [0.29, 0.717) is 12.4 Å². The Kier molecular flexibility index (Phi) is 5.40. The summed E-state index contributed by atoms with van der Waals surface area (Å²) in [7, 11) is 0. The van der Waals surface area contributed by atoms with Gasteiger partial charge in [-0.25, -0.2) is 4.98 Å². The molecule has 0 saturated carbocycles. The third kappa shape index (κ3) is 4.07. The first-order valence-corrected chi connectivity index (χ1v) is 10.7. The lowest BCUT2D eigenvalue weighted by atomic mass is 9.96. The van der Waals surface area contributed by atoms with Gasteiger partial charge in [-0.05, 0) is 56.4 Å². The Morgan fingerprint density at radius 2 is 2.00 bits per heavy atom. The van der Waals surface area contributed by atoms with Gasteiger partial charge in [-0.1, -0.05) is 23.8 Å². The molecule has 2 atom stereocenters. The molecule has 0 radical (unpaired) electrons. The first-order valence-electron chi connectivity index (χ1n) is 9.78. The molecule has 0 bridgehead atoms. The number of thioether (sulfide) groups is 1. The van der Waals surface area contributed by atoms with Gasteiger partial charge in [0, 0.05) is 24.2 Å². The number of benzene rings is 1. The molecule has 5 nitrogen and oxygen atoms in total. The van der Waals surface area contributed by atoms with E-state index in [2.05, 4.69) is 35.4 Å². The van der Waals surface area contributed by atoms with Crippen LogP contribution in [0.25, 0.3) is 0 Å². The van der Waals surface area contributed by atoms with Crippen LogP contribution in [0.2, 0.25) is 0 Å². The summed E-state index contributed by atoms with van der Waals surface area (Å²) in [4.78, 5) is 33.1. The van der Waals surface area contributed by atoms with Gasteiger partial charge in [0.15, 0.2) is 0 Å². The van der Waals surface area contributed by atoms with E-state index in [-0.39, 0.29) is 23.0 Å². The molecular formula is C22H25N3O2S. The summed E-state index contributed by atoms with van der Waals surface area (Å²) in [5.41, 5.74) is 3.53. The largest absolute Gasteiger partial charge is 0.341 e. The summed E-state index contributed by atoms with van der Waals surface area (Å²) in [6.45, 7) is 5.26. The predicted molar refractivity (Wildman–Crippen MR) is 111 cm³/mol. The third-order valence-corrected chi connectivity index (χ3v) is 6.73. The Bertz CT molecular complexity index is 897. The second-order valence-electron chi connectivity index (χ2n) is 7.76. The third-order valence-electron chi connectivity index (χ3n) is 5.44. The van der Waals surface area contributed by atoms with E-state index in [9.17, 15) is 9.59 Å². The molecule has 2 unspecified atom stereocenters. The highest BCUT2D eigenvalue weighted by Gasteiger charge is 2.35. The summed E-state index contributed by atoms with van der Waals surface area (Å²) in [6.07, 6.45) is 4.18. The lowest BCUT2D eigenvalue weighted by molar-refractivity contribution is -0.134. The smallest absolute Gasteiger partial charge is 0.236 e. The number of piperidine rings is 1. The van der Waals surface area contributed by atoms with Gasteiger partial charge in [-0.3, -0.25) is 9.59 Å². The Morgan fingerprint density at radius 3 is 2.79 bits per heavy atom. The molecule has 146 valence electrons. The van der Waals surface area contributed by atoms with E-state index < -0.39 is 0 Å². The molecule has 2 aliphatic heterocycles. The molecule has 1 aromatic carbocycles. The van der Waals surface area contributed by atoms with Gasteiger partial charge in [0.1, 0.15) is 5.82 Å². The second kappa shape index (κ2) is 7.95. The molecule has 1 fully saturated rings. The number of nitrogens with zero attached hydrogens (tertiary/aromatic N) is 2. The molecule has 1 N–H and O–H groups in total. The molecule has 0 aliphatic carbocycles. The van der Waals surface area contributed by atoms with Crippen molar-refractivity contribution in [3.05, 3.63) is 53.2 Å². The van der Waals surface area contributed by atoms with Crippen molar-refractivity contribution in [2.45, 2.75) is 43.3 Å². The van der Waals surface area contributed by atoms with Crippen LogP contribution in [0.1, 0.15) is 29.5 Å². The fourth-order valence-electron chi connectivity index (χ4n) is 3.84. The zero-order chi connectivity index (χ0) is 19.7. The fourth-order valence-corrected chi connectivity index (χ4v) is 5.21. The Hall–Kier alpha value is -2.34. The van der Waals surface area contributed by atoms with Gasteiger partial charge in [-0.2, -0.15) is 0 Å². The Balaban J connectivity index is 1.37. The molecule has 1 aromatic heterocycles. The highest BCUT2D eigenvalue weighted by atomic mass is 32.2. The van der Waals surface area contributed by atoms with E-state index in [1.165, 1.54) is 16.0 Å². The molecule has 3 heterocycles. The van der Waals surface area contributed by atoms with Gasteiger partial charge >= 0.3 is 0 Å². The monoisotopic (exact) mass is 395 g/mol. The van der Waals surface area contributed by atoms with E-state index in [0.717, 1.165) is 31.4 Å². The number of amides is 2. The quantitative estimate of drug-likeness (QED) is 0.863. The van der Waals surface area contributed by atoms with Crippen molar-refractivity contribution < 1.29 is 9.59 Å². The SMILES string of the molecule is Cc1ccc(NC(=O)C2CCCN(C(=O)C3Cc4ccc(C)cc4S3)C2)nc1. The van der Waals surface area contributed by atoms with Crippen LogP contribution in [-0.4, -0.2) is 40.0 Å². The zero-order valence-electron chi connectivity index (χ0n) is 16.3. The lowest BCUT2D eigenvalue weighted by Gasteiger charge is -2.33. The molecule has 4 rings (SSSR count). The minimum Gasteiger partial charge on any atom is -0.341 e. The number of carbonyl (C=O) groups excluding carboxylic acids is 2. The number of carbonyl (C=O) groups is 2. The first kappa shape index (κ1) is 19.0. The number of fused-ring (bicyclic) bond motifs is 1. The van der Waals surface area contributed by atoms with Crippen molar-refractivity contribution in [3.8, 4) is 0 Å². The maximum absolute atomic E-state index is 13.1. The number of anilines is 1. The molecule has 6 heteroatoms. The van der Waals surface area contributed by atoms with Crippen molar-refractivity contribution in [2.24, 2.45) is 5.92 Å². The summed E-state index contributed by atoms with van der Waals surface area (Å²) < 4.78 is 0. The van der Waals surface area contributed by atoms with Crippen LogP contribution in [-0.2, 0) is 16.0 Å². The number of pyridine rings is 1. The number of hydrogen-bond donors (Lipinski definition) is 1. The van der Waals surface area contributed by atoms with Crippen LogP contribution in [0.3, 0.4) is 0 Å². The van der Waals surface area contributed by atoms with Crippen LogP contribution in [0.4, 0.5) is 5.82 Å². The van der Waals surface area contributed by atoms with Gasteiger partial charge in [0.2, 0.25) is 11.8 Å². The van der Waals surface area contributed by atoms with Gasteiger partial charge in [-0.15, -0.1) is 11.8 Å². The topological polar surface area (TPSA) is 62.3 Å². The van der Waals surface area contributed by atoms with Crippen LogP contribution in [0.15, 0.2) is 41.4 Å². The molecule has 1 saturated heterocycles. The number of likely N-dealkylation sites (tertiary alicyclic amines) is 1. The molecule has 2 aromatic rings. The summed E-state index contributed by atoms with van der Waals surface area (Å²) in [5.74, 6) is 0.490. The van der Waals surface area contributed by atoms with Crippen molar-refractivity contribution in [1.29, 1.82) is 0 Å². The minimum absolute atomic E-state index is 0.0492. The van der Waals surface area contributed by atoms with E-state index in [4.69, 9.17) is 0 Å². The van der Waals surface area contributed by atoms with Crippen molar-refractivity contribution in [2.75, 3.05) is 18.4 Å². The van der Waals surface area contributed by atoms with Crippen molar-refractivity contribution in [3.63, 3.8) is 0 Å². The average molecular weight is 396 g/mol. The molecule has 28 heavy (non-hydrogen) atoms. The highest BCUT2D eigenvalue weighted by Crippen LogP contribution is 2.38. The average Bonchev–Trinajstić information content (AvgIpc) is 3.12. The molecule has 2 amide bonds. The number of rotatable bonds is 3. The first-order chi connectivity index (χ1) is 13.5. The maximum Gasteiger partial charge on any atom is 0.236 e. The predicted octanol–water partition coefficient (Wildman–Crippen LogP) is 3.59. The zero-order valence-corrected chi connectivity index (χ0v) is 17.1. The number of aromatic nitrogens is 1. The molecular weight excluding hydrogens is 370 g/mol. The highest BCUT2D eigenvalue weighted by molar-refractivity contribution is 8.01. The van der Waals surface area contributed by atoms with Gasteiger partial charge < -0.3 is 10.2 Å². The van der Waals surface area contributed by atoms with Crippen LogP contribution < -0.4 is 5.32 Å². The molecule has 0 spiro atoms. The van der Waals surface area contributed by atoms with Gasteiger partial charge in [0.25, 0.3) is 0 Å². The maximum atomic E-state index is 13.1. The van der Waals surface area contributed by atoms with E-state index >= 15 is 0 Å². The summed E-state index contributed by atoms with van der Waals surface area (Å²) in [6, 6.07) is 10.1. The fraction of sp³-hybridized carbons (Fsp3) is 0.409. The van der Waals surface area contributed by atoms with Crippen LogP contribution in [0.5, 0.6) is 0 Å². The van der Waals surface area contributed by atoms with Crippen LogP contribution >= 0.6 is 11.8 Å². The standard InChI is InChI=1S/C22H25N3O2S/c1-14-5-7-16-11-19(28-18(16)10-14)22(27)25-9-3-4-17(13-25)21(26)24-20-8-6-15(2)12-23-20/h5-8,10,12,17,19H,3-4,9,11,13H2,1-2H3,(H,23,24,26). The normalized spacial score (nSPS) is 21.3. The van der Waals surface area contributed by atoms with Crippen LogP contribution in [0, 0.1) is 19.8 Å². The number of nitrogens with one attached hydrogen (secondary N) is 1. The Morgan fingerprint density at radius 1 is 1.18 bits per heavy atom. The number of hydrogen-bond acceptors (Lipinski definition) is 4. The molecule has 2 aliphatic rings. The number of aryl methyl sites for hydroxylation is 2. The van der Waals surface area contributed by atoms with Gasteiger partial charge in [0.05, 0.1) is 11.2 Å². The van der Waals surface area contributed by atoms with E-state index in [1.54, 1.807) is 18.0 Å². The Labute approximate surface area is 169 Å². The lowest BCUT2D eigenvalue weighted by Crippen LogP contribution is -2.46.